The third-order valence-electron chi connectivity index (χ3n) is 3.64. The summed E-state index contributed by atoms with van der Waals surface area (Å²) in [7, 11) is 0.0518. The van der Waals surface area contributed by atoms with E-state index in [1.165, 1.54) is 0 Å². The van der Waals surface area contributed by atoms with Crippen LogP contribution in [0.2, 0.25) is 0 Å². The van der Waals surface area contributed by atoms with Crippen LogP contribution in [0.25, 0.3) is 0 Å². The van der Waals surface area contributed by atoms with Gasteiger partial charge in [0.1, 0.15) is 0 Å². The van der Waals surface area contributed by atoms with Crippen molar-refractivity contribution in [2.24, 2.45) is 0 Å². The summed E-state index contributed by atoms with van der Waals surface area (Å²) < 4.78 is 0. The molecule has 0 aliphatic carbocycles. The highest BCUT2D eigenvalue weighted by Crippen LogP contribution is 2.28. The Morgan fingerprint density at radius 1 is 1.05 bits per heavy atom. The lowest BCUT2D eigenvalue weighted by Gasteiger charge is -2.27. The molecule has 1 rings (SSSR count). The van der Waals surface area contributed by atoms with Gasteiger partial charge in [0, 0.05) is 7.05 Å². The van der Waals surface area contributed by atoms with E-state index in [-0.39, 0.29) is 11.3 Å². The van der Waals surface area contributed by atoms with Crippen molar-refractivity contribution in [3.05, 3.63) is 29.3 Å². The lowest BCUT2D eigenvalue weighted by Crippen LogP contribution is -2.40. The van der Waals surface area contributed by atoms with Crippen LogP contribution >= 0.6 is 0 Å². The van der Waals surface area contributed by atoms with Crippen LogP contribution in [0.3, 0.4) is 0 Å². The molecule has 4 nitrogen and oxygen atoms in total. The van der Waals surface area contributed by atoms with Gasteiger partial charge in [0.15, 0.2) is 0 Å². The van der Waals surface area contributed by atoms with Crippen molar-refractivity contribution in [1.82, 2.24) is 5.32 Å². The highest BCUT2D eigenvalue weighted by Gasteiger charge is 2.31. The molecule has 0 saturated heterocycles. The van der Waals surface area contributed by atoms with Gasteiger partial charge in [-0.1, -0.05) is 39.0 Å². The molecule has 0 aromatic heterocycles. The molecule has 110 valence electrons. The minimum Gasteiger partial charge on any atom is -0.423 e. The zero-order chi connectivity index (χ0) is 15.7. The zero-order valence-corrected chi connectivity index (χ0v) is 13.1. The second-order valence-corrected chi connectivity index (χ2v) is 6.67. The van der Waals surface area contributed by atoms with Gasteiger partial charge in [0.05, 0.1) is 5.41 Å². The Morgan fingerprint density at radius 2 is 1.55 bits per heavy atom. The van der Waals surface area contributed by atoms with E-state index < -0.39 is 12.5 Å². The summed E-state index contributed by atoms with van der Waals surface area (Å²) >= 11 is 0. The predicted molar refractivity (Wildman–Crippen MR) is 82.1 cm³/mol. The summed E-state index contributed by atoms with van der Waals surface area (Å²) in [6, 6.07) is 5.41. The van der Waals surface area contributed by atoms with Gasteiger partial charge in [0.25, 0.3) is 0 Å². The number of nitrogens with one attached hydrogen (secondary N) is 1. The average molecular weight is 277 g/mol. The summed E-state index contributed by atoms with van der Waals surface area (Å²) in [5, 5.41) is 21.6. The maximum atomic E-state index is 12.0. The Bertz CT molecular complexity index is 504. The van der Waals surface area contributed by atoms with E-state index in [4.69, 9.17) is 0 Å². The maximum Gasteiger partial charge on any atom is 0.488 e. The Morgan fingerprint density at radius 3 is 1.95 bits per heavy atom. The molecule has 0 radical (unpaired) electrons. The first-order chi connectivity index (χ1) is 9.00. The Kier molecular flexibility index (Phi) is 4.67. The SMILES string of the molecule is CNC(=O)C(C)(C)c1cc(B(O)O)cc(C(C)(C)C)c1. The lowest BCUT2D eigenvalue weighted by molar-refractivity contribution is -0.125. The Hall–Kier alpha value is -1.33. The number of rotatable bonds is 3. The van der Waals surface area contributed by atoms with Crippen molar-refractivity contribution in [3.8, 4) is 0 Å². The van der Waals surface area contributed by atoms with Gasteiger partial charge < -0.3 is 15.4 Å². The molecule has 1 aromatic rings. The number of carbonyl (C=O) groups excluding carboxylic acids is 1. The van der Waals surface area contributed by atoms with Crippen molar-refractivity contribution in [2.45, 2.75) is 45.4 Å². The van der Waals surface area contributed by atoms with Crippen LogP contribution in [0, 0.1) is 0 Å². The van der Waals surface area contributed by atoms with Gasteiger partial charge in [-0.15, -0.1) is 0 Å². The number of likely N-dealkylation sites (N-methyl/N-ethyl adjacent to an activating group) is 1. The molecule has 0 heterocycles. The Balaban J connectivity index is 3.47. The molecule has 1 amide bonds. The fourth-order valence-corrected chi connectivity index (χ4v) is 2.04. The van der Waals surface area contributed by atoms with E-state index in [1.54, 1.807) is 19.2 Å². The maximum absolute atomic E-state index is 12.0. The quantitative estimate of drug-likeness (QED) is 0.712. The summed E-state index contributed by atoms with van der Waals surface area (Å²) in [6.07, 6.45) is 0. The van der Waals surface area contributed by atoms with Crippen molar-refractivity contribution in [3.63, 3.8) is 0 Å². The lowest BCUT2D eigenvalue weighted by atomic mass is 9.71. The first-order valence-corrected chi connectivity index (χ1v) is 6.74. The molecule has 1 aromatic carbocycles. The largest absolute Gasteiger partial charge is 0.488 e. The van der Waals surface area contributed by atoms with E-state index >= 15 is 0 Å². The molecule has 0 atom stereocenters. The summed E-state index contributed by atoms with van der Waals surface area (Å²) in [5.74, 6) is -0.109. The molecule has 3 N–H and O–H groups in total. The van der Waals surface area contributed by atoms with Crippen LogP contribution in [0.4, 0.5) is 0 Å². The number of amides is 1. The monoisotopic (exact) mass is 277 g/mol. The zero-order valence-electron chi connectivity index (χ0n) is 13.1. The minimum atomic E-state index is -1.54. The standard InChI is InChI=1S/C15H24BNO3/c1-14(2,3)10-7-11(9-12(8-10)16(19)20)15(4,5)13(18)17-6/h7-9,19-20H,1-6H3,(H,17,18). The molecule has 0 bridgehead atoms. The molecule has 0 spiro atoms. The van der Waals surface area contributed by atoms with Crippen LogP contribution in [0.1, 0.15) is 45.7 Å². The van der Waals surface area contributed by atoms with E-state index in [0.29, 0.717) is 5.46 Å². The van der Waals surface area contributed by atoms with Crippen molar-refractivity contribution in [1.29, 1.82) is 0 Å². The molecule has 5 heteroatoms. The van der Waals surface area contributed by atoms with Crippen molar-refractivity contribution < 1.29 is 14.8 Å². The van der Waals surface area contributed by atoms with E-state index in [1.807, 2.05) is 40.7 Å². The normalized spacial score (nSPS) is 12.2. The van der Waals surface area contributed by atoms with Gasteiger partial charge in [0.2, 0.25) is 5.91 Å². The first kappa shape index (κ1) is 16.7. The van der Waals surface area contributed by atoms with Crippen LogP contribution in [0.15, 0.2) is 18.2 Å². The number of benzene rings is 1. The van der Waals surface area contributed by atoms with Crippen molar-refractivity contribution >= 4 is 18.5 Å². The third kappa shape index (κ3) is 3.41. The number of carbonyl (C=O) groups is 1. The average Bonchev–Trinajstić information content (AvgIpc) is 2.35. The summed E-state index contributed by atoms with van der Waals surface area (Å²) in [4.78, 5) is 12.0. The van der Waals surface area contributed by atoms with Gasteiger partial charge in [-0.2, -0.15) is 0 Å². The van der Waals surface area contributed by atoms with Crippen LogP contribution in [0.5, 0.6) is 0 Å². The van der Waals surface area contributed by atoms with Crippen LogP contribution in [-0.2, 0) is 15.6 Å². The Labute approximate surface area is 121 Å². The molecule has 0 unspecified atom stereocenters. The topological polar surface area (TPSA) is 69.6 Å². The molecular weight excluding hydrogens is 253 g/mol. The van der Waals surface area contributed by atoms with E-state index in [9.17, 15) is 14.8 Å². The predicted octanol–water partition coefficient (Wildman–Crippen LogP) is 0.687. The molecule has 0 aliphatic heterocycles. The van der Waals surface area contributed by atoms with E-state index in [0.717, 1.165) is 11.1 Å². The molecule has 0 fully saturated rings. The van der Waals surface area contributed by atoms with Gasteiger partial charge in [-0.3, -0.25) is 4.79 Å². The second-order valence-electron chi connectivity index (χ2n) is 6.67. The highest BCUT2D eigenvalue weighted by atomic mass is 16.4. The smallest absolute Gasteiger partial charge is 0.423 e. The summed E-state index contributed by atoms with van der Waals surface area (Å²) in [5.41, 5.74) is 1.27. The number of hydrogen-bond donors (Lipinski definition) is 3. The van der Waals surface area contributed by atoms with Gasteiger partial charge in [-0.25, -0.2) is 0 Å². The van der Waals surface area contributed by atoms with Crippen LogP contribution < -0.4 is 10.8 Å². The van der Waals surface area contributed by atoms with Gasteiger partial charge in [-0.05, 0) is 35.9 Å². The second kappa shape index (κ2) is 5.58. The first-order valence-electron chi connectivity index (χ1n) is 6.74. The van der Waals surface area contributed by atoms with E-state index in [2.05, 4.69) is 5.32 Å². The number of hydrogen-bond acceptors (Lipinski definition) is 3. The molecule has 0 aliphatic rings. The fourth-order valence-electron chi connectivity index (χ4n) is 2.04. The van der Waals surface area contributed by atoms with Gasteiger partial charge >= 0.3 is 7.12 Å². The molecule has 0 saturated carbocycles. The van der Waals surface area contributed by atoms with Crippen molar-refractivity contribution in [2.75, 3.05) is 7.05 Å². The minimum absolute atomic E-state index is 0.109. The molecular formula is C15H24BNO3. The van der Waals surface area contributed by atoms with Crippen LogP contribution in [-0.4, -0.2) is 30.1 Å². The fraction of sp³-hybridized carbons (Fsp3) is 0.533. The summed E-state index contributed by atoms with van der Waals surface area (Å²) in [6.45, 7) is 9.79. The highest BCUT2D eigenvalue weighted by molar-refractivity contribution is 6.58. The molecule has 20 heavy (non-hydrogen) atoms. The third-order valence-corrected chi connectivity index (χ3v) is 3.64.